The van der Waals surface area contributed by atoms with Gasteiger partial charge in [-0.2, -0.15) is 0 Å². The van der Waals surface area contributed by atoms with Crippen LogP contribution in [0.3, 0.4) is 0 Å². The molecule has 0 radical (unpaired) electrons. The summed E-state index contributed by atoms with van der Waals surface area (Å²) in [5.41, 5.74) is 10.1. The Balaban J connectivity index is 2.36. The van der Waals surface area contributed by atoms with E-state index in [0.29, 0.717) is 0 Å². The van der Waals surface area contributed by atoms with Gasteiger partial charge in [0.1, 0.15) is 0 Å². The Morgan fingerprint density at radius 2 is 2.11 bits per heavy atom. The molecule has 96 valence electrons. The minimum absolute atomic E-state index is 0.189. The second-order valence-electron chi connectivity index (χ2n) is 5.49. The SMILES string of the molecule is Cc1c(C2(CN)CCC2)c2cccc(Cl)c2n1C. The van der Waals surface area contributed by atoms with E-state index in [4.69, 9.17) is 17.3 Å². The van der Waals surface area contributed by atoms with Crippen LogP contribution < -0.4 is 5.73 Å². The average Bonchev–Trinajstić information content (AvgIpc) is 2.55. The van der Waals surface area contributed by atoms with Crippen molar-refractivity contribution in [2.24, 2.45) is 12.8 Å². The Morgan fingerprint density at radius 1 is 1.39 bits per heavy atom. The van der Waals surface area contributed by atoms with Crippen molar-refractivity contribution in [2.45, 2.75) is 31.6 Å². The van der Waals surface area contributed by atoms with Crippen LogP contribution in [0.25, 0.3) is 10.9 Å². The highest BCUT2D eigenvalue weighted by Crippen LogP contribution is 2.48. The van der Waals surface area contributed by atoms with Gasteiger partial charge in [0.25, 0.3) is 0 Å². The molecule has 2 N–H and O–H groups in total. The van der Waals surface area contributed by atoms with Crippen molar-refractivity contribution in [2.75, 3.05) is 6.54 Å². The van der Waals surface area contributed by atoms with Crippen LogP contribution in [-0.2, 0) is 12.5 Å². The van der Waals surface area contributed by atoms with Crippen molar-refractivity contribution in [3.8, 4) is 0 Å². The lowest BCUT2D eigenvalue weighted by Crippen LogP contribution is -2.42. The van der Waals surface area contributed by atoms with Crippen molar-refractivity contribution in [3.63, 3.8) is 0 Å². The van der Waals surface area contributed by atoms with Crippen molar-refractivity contribution >= 4 is 22.5 Å². The standard InChI is InChI=1S/C15H19ClN2/c1-10-13(15(9-17)7-4-8-15)11-5-3-6-12(16)14(11)18(10)2/h3,5-6H,4,7-9,17H2,1-2H3. The van der Waals surface area contributed by atoms with Gasteiger partial charge in [-0.1, -0.05) is 30.2 Å². The maximum atomic E-state index is 6.35. The lowest BCUT2D eigenvalue weighted by molar-refractivity contribution is 0.253. The van der Waals surface area contributed by atoms with E-state index in [1.807, 2.05) is 12.1 Å². The van der Waals surface area contributed by atoms with Gasteiger partial charge in [-0.15, -0.1) is 0 Å². The van der Waals surface area contributed by atoms with Crippen molar-refractivity contribution < 1.29 is 0 Å². The first-order valence-electron chi connectivity index (χ1n) is 6.55. The molecule has 2 nitrogen and oxygen atoms in total. The molecule has 0 atom stereocenters. The Kier molecular flexibility index (Phi) is 2.68. The van der Waals surface area contributed by atoms with Gasteiger partial charge in [0, 0.05) is 30.1 Å². The number of hydrogen-bond acceptors (Lipinski definition) is 1. The molecule has 1 aromatic heterocycles. The van der Waals surface area contributed by atoms with Gasteiger partial charge in [0.15, 0.2) is 0 Å². The molecule has 1 saturated carbocycles. The predicted molar refractivity (Wildman–Crippen MR) is 77.2 cm³/mol. The van der Waals surface area contributed by atoms with Crippen LogP contribution in [0, 0.1) is 6.92 Å². The summed E-state index contributed by atoms with van der Waals surface area (Å²) in [7, 11) is 2.09. The van der Waals surface area contributed by atoms with Crippen LogP contribution >= 0.6 is 11.6 Å². The van der Waals surface area contributed by atoms with Gasteiger partial charge in [0.2, 0.25) is 0 Å². The molecule has 1 heterocycles. The van der Waals surface area contributed by atoms with E-state index in [9.17, 15) is 0 Å². The summed E-state index contributed by atoms with van der Waals surface area (Å²) < 4.78 is 2.21. The quantitative estimate of drug-likeness (QED) is 0.882. The molecule has 0 amide bonds. The second kappa shape index (κ2) is 4.01. The molecule has 0 unspecified atom stereocenters. The molecule has 3 heteroatoms. The van der Waals surface area contributed by atoms with Gasteiger partial charge in [0.05, 0.1) is 10.5 Å². The summed E-state index contributed by atoms with van der Waals surface area (Å²) in [4.78, 5) is 0. The maximum absolute atomic E-state index is 6.35. The molecule has 0 aliphatic heterocycles. The van der Waals surface area contributed by atoms with Crippen molar-refractivity contribution in [1.82, 2.24) is 4.57 Å². The van der Waals surface area contributed by atoms with Gasteiger partial charge in [-0.05, 0) is 31.4 Å². The van der Waals surface area contributed by atoms with Crippen LogP contribution in [0.1, 0.15) is 30.5 Å². The fourth-order valence-electron chi connectivity index (χ4n) is 3.42. The Morgan fingerprint density at radius 3 is 2.67 bits per heavy atom. The number of nitrogens with two attached hydrogens (primary N) is 1. The number of aromatic nitrogens is 1. The topological polar surface area (TPSA) is 30.9 Å². The van der Waals surface area contributed by atoms with E-state index in [1.165, 1.54) is 35.9 Å². The van der Waals surface area contributed by atoms with E-state index in [0.717, 1.165) is 17.1 Å². The number of hydrogen-bond donors (Lipinski definition) is 1. The lowest BCUT2D eigenvalue weighted by atomic mass is 9.63. The van der Waals surface area contributed by atoms with Gasteiger partial charge in [-0.3, -0.25) is 0 Å². The number of nitrogens with zero attached hydrogens (tertiary/aromatic N) is 1. The van der Waals surface area contributed by atoms with E-state index < -0.39 is 0 Å². The monoisotopic (exact) mass is 262 g/mol. The molecule has 0 bridgehead atoms. The first-order valence-corrected chi connectivity index (χ1v) is 6.92. The van der Waals surface area contributed by atoms with Crippen LogP contribution in [0.2, 0.25) is 5.02 Å². The van der Waals surface area contributed by atoms with Crippen LogP contribution in [0.5, 0.6) is 0 Å². The number of para-hydroxylation sites is 1. The molecule has 1 aliphatic rings. The summed E-state index contributed by atoms with van der Waals surface area (Å²) in [6.07, 6.45) is 3.69. The molecule has 1 aromatic carbocycles. The summed E-state index contributed by atoms with van der Waals surface area (Å²) in [5.74, 6) is 0. The Hall–Kier alpha value is -0.990. The zero-order chi connectivity index (χ0) is 12.9. The molecule has 2 aromatic rings. The molecular weight excluding hydrogens is 244 g/mol. The normalized spacial score (nSPS) is 18.0. The largest absolute Gasteiger partial charge is 0.346 e. The van der Waals surface area contributed by atoms with E-state index in [-0.39, 0.29) is 5.41 Å². The van der Waals surface area contributed by atoms with Gasteiger partial charge >= 0.3 is 0 Å². The number of benzene rings is 1. The Bertz CT molecular complexity index is 603. The summed E-state index contributed by atoms with van der Waals surface area (Å²) >= 11 is 6.35. The average molecular weight is 263 g/mol. The first kappa shape index (κ1) is 12.1. The highest BCUT2D eigenvalue weighted by molar-refractivity contribution is 6.35. The third-order valence-electron chi connectivity index (χ3n) is 4.69. The molecule has 1 aliphatic carbocycles. The number of fused-ring (bicyclic) bond motifs is 1. The van der Waals surface area contributed by atoms with Gasteiger partial charge < -0.3 is 10.3 Å². The summed E-state index contributed by atoms with van der Waals surface area (Å²) in [6.45, 7) is 2.92. The van der Waals surface area contributed by atoms with Crippen LogP contribution in [0.15, 0.2) is 18.2 Å². The molecule has 0 spiro atoms. The maximum Gasteiger partial charge on any atom is 0.0672 e. The summed E-state index contributed by atoms with van der Waals surface area (Å²) in [6, 6.07) is 6.18. The molecule has 1 fully saturated rings. The first-order chi connectivity index (χ1) is 8.60. The van der Waals surface area contributed by atoms with Crippen LogP contribution in [-0.4, -0.2) is 11.1 Å². The number of rotatable bonds is 2. The third kappa shape index (κ3) is 1.39. The number of aryl methyl sites for hydroxylation is 1. The fourth-order valence-corrected chi connectivity index (χ4v) is 3.72. The van der Waals surface area contributed by atoms with Crippen molar-refractivity contribution in [1.29, 1.82) is 0 Å². The molecule has 3 rings (SSSR count). The zero-order valence-corrected chi connectivity index (χ0v) is 11.7. The van der Waals surface area contributed by atoms with E-state index >= 15 is 0 Å². The second-order valence-corrected chi connectivity index (χ2v) is 5.90. The minimum Gasteiger partial charge on any atom is -0.346 e. The molecule has 0 saturated heterocycles. The highest BCUT2D eigenvalue weighted by Gasteiger charge is 2.40. The van der Waals surface area contributed by atoms with E-state index in [2.05, 4.69) is 24.6 Å². The number of halogens is 1. The van der Waals surface area contributed by atoms with Crippen molar-refractivity contribution in [3.05, 3.63) is 34.5 Å². The fraction of sp³-hybridized carbons (Fsp3) is 0.467. The lowest BCUT2D eigenvalue weighted by Gasteiger charge is -2.41. The van der Waals surface area contributed by atoms with Crippen LogP contribution in [0.4, 0.5) is 0 Å². The minimum atomic E-state index is 0.189. The summed E-state index contributed by atoms with van der Waals surface area (Å²) in [5, 5.41) is 2.11. The Labute approximate surface area is 113 Å². The highest BCUT2D eigenvalue weighted by atomic mass is 35.5. The zero-order valence-electron chi connectivity index (χ0n) is 11.0. The van der Waals surface area contributed by atoms with Gasteiger partial charge in [-0.25, -0.2) is 0 Å². The van der Waals surface area contributed by atoms with E-state index in [1.54, 1.807) is 0 Å². The molecule has 18 heavy (non-hydrogen) atoms. The predicted octanol–water partition coefficient (Wildman–Crippen LogP) is 3.52. The smallest absolute Gasteiger partial charge is 0.0672 e. The third-order valence-corrected chi connectivity index (χ3v) is 4.99. The molecular formula is C15H19ClN2.